The van der Waals surface area contributed by atoms with Crippen LogP contribution in [0.5, 0.6) is 5.75 Å². The smallest absolute Gasteiger partial charge is 0.166 e. The molecule has 2 atom stereocenters. The highest BCUT2D eigenvalue weighted by molar-refractivity contribution is 5.85. The number of hydrogen-bond donors (Lipinski definition) is 2. The molecule has 1 aromatic carbocycles. The van der Waals surface area contributed by atoms with E-state index in [1.165, 1.54) is 6.07 Å². The average molecular weight is 265 g/mol. The number of aliphatic hydroxyl groups excluding tert-OH is 1. The van der Waals surface area contributed by atoms with E-state index in [0.717, 1.165) is 5.52 Å². The molecular weight excluding hydrogens is 249 g/mol. The van der Waals surface area contributed by atoms with Crippen LogP contribution >= 0.6 is 0 Å². The maximum Gasteiger partial charge on any atom is 0.166 e. The average Bonchev–Trinajstić information content (AvgIpc) is 2.71. The second-order valence-electron chi connectivity index (χ2n) is 5.08. The van der Waals surface area contributed by atoms with Crippen LogP contribution in [0, 0.1) is 5.82 Å². The summed E-state index contributed by atoms with van der Waals surface area (Å²) >= 11 is 0. The molecule has 2 aromatic rings. The molecule has 3 rings (SSSR count). The first kappa shape index (κ1) is 12.4. The van der Waals surface area contributed by atoms with Crippen LogP contribution in [-0.4, -0.2) is 33.6 Å². The Labute approximate surface area is 109 Å². The van der Waals surface area contributed by atoms with Gasteiger partial charge in [-0.15, -0.1) is 0 Å². The molecule has 0 saturated heterocycles. The molecule has 0 spiro atoms. The number of rotatable bonds is 2. The van der Waals surface area contributed by atoms with E-state index in [9.17, 15) is 9.50 Å². The highest BCUT2D eigenvalue weighted by Gasteiger charge is 2.25. The highest BCUT2D eigenvalue weighted by Crippen LogP contribution is 2.34. The van der Waals surface area contributed by atoms with Crippen LogP contribution in [0.15, 0.2) is 12.3 Å². The van der Waals surface area contributed by atoms with E-state index < -0.39 is 11.9 Å². The lowest BCUT2D eigenvalue weighted by atomic mass is 10.0. The summed E-state index contributed by atoms with van der Waals surface area (Å²) in [4.78, 5) is 0. The summed E-state index contributed by atoms with van der Waals surface area (Å²) in [7, 11) is 0. The Morgan fingerprint density at radius 1 is 1.68 bits per heavy atom. The minimum absolute atomic E-state index is 0.0572. The van der Waals surface area contributed by atoms with Crippen molar-refractivity contribution in [2.24, 2.45) is 5.73 Å². The van der Waals surface area contributed by atoms with Gasteiger partial charge in [-0.05, 0) is 13.0 Å². The predicted octanol–water partition coefficient (Wildman–Crippen LogP) is 0.818. The summed E-state index contributed by atoms with van der Waals surface area (Å²) in [5.74, 6) is -0.182. The Balaban J connectivity index is 2.21. The van der Waals surface area contributed by atoms with Crippen molar-refractivity contribution in [3.05, 3.63) is 23.6 Å². The molecule has 0 saturated carbocycles. The lowest BCUT2D eigenvalue weighted by molar-refractivity contribution is 0.0896. The number of halogens is 1. The Kier molecular flexibility index (Phi) is 2.91. The van der Waals surface area contributed by atoms with Crippen LogP contribution < -0.4 is 10.5 Å². The van der Waals surface area contributed by atoms with Gasteiger partial charge in [0.2, 0.25) is 0 Å². The summed E-state index contributed by atoms with van der Waals surface area (Å²) in [6.07, 6.45) is 1.37. The quantitative estimate of drug-likeness (QED) is 0.843. The third-order valence-corrected chi connectivity index (χ3v) is 3.25. The molecule has 102 valence electrons. The third kappa shape index (κ3) is 2.06. The molecule has 0 amide bonds. The van der Waals surface area contributed by atoms with Gasteiger partial charge in [0.15, 0.2) is 11.6 Å². The Morgan fingerprint density at radius 2 is 2.47 bits per heavy atom. The molecule has 0 radical (unpaired) electrons. The fourth-order valence-electron chi connectivity index (χ4n) is 2.52. The van der Waals surface area contributed by atoms with Crippen LogP contribution in [0.4, 0.5) is 4.39 Å². The number of nitrogens with zero attached hydrogens (tertiary/aromatic N) is 2. The first-order chi connectivity index (χ1) is 9.06. The van der Waals surface area contributed by atoms with Crippen LogP contribution in [0.25, 0.3) is 10.9 Å². The topological polar surface area (TPSA) is 73.3 Å². The fraction of sp³-hybridized carbons (Fsp3) is 0.462. The van der Waals surface area contributed by atoms with Crippen molar-refractivity contribution in [2.75, 3.05) is 6.61 Å². The van der Waals surface area contributed by atoms with Crippen LogP contribution in [0.1, 0.15) is 12.5 Å². The summed E-state index contributed by atoms with van der Waals surface area (Å²) < 4.78 is 21.0. The van der Waals surface area contributed by atoms with Crippen molar-refractivity contribution in [3.8, 4) is 5.75 Å². The van der Waals surface area contributed by atoms with Crippen molar-refractivity contribution in [1.29, 1.82) is 0 Å². The number of benzene rings is 1. The van der Waals surface area contributed by atoms with Gasteiger partial charge in [-0.1, -0.05) is 0 Å². The maximum atomic E-state index is 13.9. The van der Waals surface area contributed by atoms with E-state index in [1.54, 1.807) is 10.9 Å². The Bertz CT molecular complexity index is 624. The van der Waals surface area contributed by atoms with E-state index in [0.29, 0.717) is 23.9 Å². The second kappa shape index (κ2) is 4.47. The van der Waals surface area contributed by atoms with Crippen molar-refractivity contribution in [3.63, 3.8) is 0 Å². The lowest BCUT2D eigenvalue weighted by Gasteiger charge is -2.23. The van der Waals surface area contributed by atoms with Crippen molar-refractivity contribution < 1.29 is 14.2 Å². The second-order valence-corrected chi connectivity index (χ2v) is 5.08. The zero-order valence-corrected chi connectivity index (χ0v) is 10.6. The number of aromatic nitrogens is 2. The molecular formula is C13H16FN3O2. The van der Waals surface area contributed by atoms with Gasteiger partial charge >= 0.3 is 0 Å². The maximum absolute atomic E-state index is 13.9. The molecule has 2 heterocycles. The number of nitrogens with two attached hydrogens (primary N) is 1. The number of fused-ring (bicyclic) bond motifs is 3. The van der Waals surface area contributed by atoms with Crippen LogP contribution in [0.2, 0.25) is 0 Å². The van der Waals surface area contributed by atoms with E-state index in [-0.39, 0.29) is 18.4 Å². The summed E-state index contributed by atoms with van der Waals surface area (Å²) in [6.45, 7) is 2.54. The van der Waals surface area contributed by atoms with Gasteiger partial charge in [0.05, 0.1) is 24.4 Å². The highest BCUT2D eigenvalue weighted by atomic mass is 19.1. The van der Waals surface area contributed by atoms with Crippen LogP contribution in [0.3, 0.4) is 0 Å². The van der Waals surface area contributed by atoms with E-state index >= 15 is 0 Å². The molecule has 0 aliphatic carbocycles. The van der Waals surface area contributed by atoms with Crippen LogP contribution in [-0.2, 0) is 13.0 Å². The minimum Gasteiger partial charge on any atom is -0.487 e. The van der Waals surface area contributed by atoms with Gasteiger partial charge in [-0.25, -0.2) is 4.39 Å². The zero-order chi connectivity index (χ0) is 13.6. The predicted molar refractivity (Wildman–Crippen MR) is 68.5 cm³/mol. The summed E-state index contributed by atoms with van der Waals surface area (Å²) in [6, 6.07) is 1.36. The SMILES string of the molecule is CC(N)Cn1ncc2cc(F)c3c(c21)CC(O)CO3. The van der Waals surface area contributed by atoms with Gasteiger partial charge in [0, 0.05) is 23.4 Å². The van der Waals surface area contributed by atoms with E-state index in [1.807, 2.05) is 6.92 Å². The first-order valence-corrected chi connectivity index (χ1v) is 6.29. The Morgan fingerprint density at radius 3 is 3.21 bits per heavy atom. The molecule has 1 aromatic heterocycles. The van der Waals surface area contributed by atoms with Gasteiger partial charge in [0.1, 0.15) is 6.61 Å². The van der Waals surface area contributed by atoms with E-state index in [2.05, 4.69) is 5.10 Å². The standard InChI is InChI=1S/C13H16FN3O2/c1-7(15)5-17-12-8(4-16-17)2-11(14)13-10(12)3-9(18)6-19-13/h2,4,7,9,18H,3,5-6,15H2,1H3. The number of aliphatic hydroxyl groups is 1. The largest absolute Gasteiger partial charge is 0.487 e. The number of ether oxygens (including phenoxy) is 1. The molecule has 6 heteroatoms. The van der Waals surface area contributed by atoms with E-state index in [4.69, 9.17) is 10.5 Å². The van der Waals surface area contributed by atoms with Crippen molar-refractivity contribution >= 4 is 10.9 Å². The monoisotopic (exact) mass is 265 g/mol. The van der Waals surface area contributed by atoms with Crippen molar-refractivity contribution in [1.82, 2.24) is 9.78 Å². The Hall–Kier alpha value is -1.66. The first-order valence-electron chi connectivity index (χ1n) is 6.29. The van der Waals surface area contributed by atoms with Gasteiger partial charge in [0.25, 0.3) is 0 Å². The molecule has 5 nitrogen and oxygen atoms in total. The lowest BCUT2D eigenvalue weighted by Crippen LogP contribution is -2.27. The van der Waals surface area contributed by atoms with Gasteiger partial charge in [-0.2, -0.15) is 5.10 Å². The zero-order valence-electron chi connectivity index (χ0n) is 10.6. The minimum atomic E-state index is -0.615. The van der Waals surface area contributed by atoms with Crippen molar-refractivity contribution in [2.45, 2.75) is 32.0 Å². The molecule has 0 fully saturated rings. The summed E-state index contributed by atoms with van der Waals surface area (Å²) in [5, 5.41) is 14.7. The third-order valence-electron chi connectivity index (χ3n) is 3.25. The fourth-order valence-corrected chi connectivity index (χ4v) is 2.52. The molecule has 3 N–H and O–H groups in total. The molecule has 1 aliphatic rings. The normalized spacial score (nSPS) is 20.1. The molecule has 2 unspecified atom stereocenters. The van der Waals surface area contributed by atoms with Gasteiger partial charge < -0.3 is 15.6 Å². The molecule has 19 heavy (non-hydrogen) atoms. The summed E-state index contributed by atoms with van der Waals surface area (Å²) in [5.41, 5.74) is 7.26. The molecule has 1 aliphatic heterocycles. The molecule has 0 bridgehead atoms. The van der Waals surface area contributed by atoms with Gasteiger partial charge in [-0.3, -0.25) is 4.68 Å². The number of hydrogen-bond acceptors (Lipinski definition) is 4.